The predicted molar refractivity (Wildman–Crippen MR) is 71.3 cm³/mol. The van der Waals surface area contributed by atoms with Gasteiger partial charge in [0.15, 0.2) is 5.78 Å². The Morgan fingerprint density at radius 3 is 2.32 bits per heavy atom. The number of aromatic amines is 1. The normalized spacial score (nSPS) is 11.3. The van der Waals surface area contributed by atoms with Gasteiger partial charge in [0.2, 0.25) is 0 Å². The molecule has 0 spiro atoms. The van der Waals surface area contributed by atoms with E-state index in [9.17, 15) is 14.7 Å². The molecular weight excluding hydrogens is 242 g/mol. The van der Waals surface area contributed by atoms with Crippen molar-refractivity contribution in [3.8, 4) is 0 Å². The van der Waals surface area contributed by atoms with Gasteiger partial charge in [0, 0.05) is 23.0 Å². The van der Waals surface area contributed by atoms with Gasteiger partial charge in [0.25, 0.3) is 0 Å². The summed E-state index contributed by atoms with van der Waals surface area (Å²) in [7, 11) is 0. The molecule has 0 amide bonds. The van der Waals surface area contributed by atoms with Crippen molar-refractivity contribution in [1.82, 2.24) is 4.98 Å². The number of ketones is 1. The van der Waals surface area contributed by atoms with Crippen LogP contribution in [0.4, 0.5) is 0 Å². The number of hydrogen-bond donors (Lipinski definition) is 2. The van der Waals surface area contributed by atoms with Crippen molar-refractivity contribution in [2.75, 3.05) is 0 Å². The Kier molecular flexibility index (Phi) is 3.25. The van der Waals surface area contributed by atoms with Gasteiger partial charge in [-0.3, -0.25) is 9.59 Å². The van der Waals surface area contributed by atoms with Gasteiger partial charge in [-0.1, -0.05) is 30.3 Å². The number of hydrogen-bond acceptors (Lipinski definition) is 2. The maximum absolute atomic E-state index is 12.4. The molecule has 2 N–H and O–H groups in total. The molecule has 0 aliphatic heterocycles. The van der Waals surface area contributed by atoms with E-state index in [0.717, 1.165) is 0 Å². The van der Waals surface area contributed by atoms with Crippen molar-refractivity contribution in [2.45, 2.75) is 19.3 Å². The number of carbonyl (C=O) groups is 2. The number of carbonyl (C=O) groups excluding carboxylic acids is 1. The van der Waals surface area contributed by atoms with E-state index in [1.54, 1.807) is 50.4 Å². The summed E-state index contributed by atoms with van der Waals surface area (Å²) >= 11 is 0. The number of carboxylic acids is 1. The van der Waals surface area contributed by atoms with E-state index in [0.29, 0.717) is 16.8 Å². The van der Waals surface area contributed by atoms with E-state index in [1.165, 1.54) is 0 Å². The summed E-state index contributed by atoms with van der Waals surface area (Å²) in [5.74, 6) is -1.15. The third-order valence-electron chi connectivity index (χ3n) is 3.19. The molecule has 4 nitrogen and oxygen atoms in total. The Hall–Kier alpha value is -2.36. The maximum atomic E-state index is 12.4. The molecule has 0 radical (unpaired) electrons. The van der Waals surface area contributed by atoms with Crippen LogP contribution in [0, 0.1) is 0 Å². The summed E-state index contributed by atoms with van der Waals surface area (Å²) in [5, 5.41) is 9.26. The van der Waals surface area contributed by atoms with Crippen molar-refractivity contribution in [1.29, 1.82) is 0 Å². The van der Waals surface area contributed by atoms with Crippen LogP contribution in [0.15, 0.2) is 42.6 Å². The number of rotatable bonds is 4. The van der Waals surface area contributed by atoms with E-state index in [-0.39, 0.29) is 5.78 Å². The quantitative estimate of drug-likeness (QED) is 0.827. The largest absolute Gasteiger partial charge is 0.481 e. The van der Waals surface area contributed by atoms with Gasteiger partial charge in [-0.05, 0) is 19.9 Å². The first-order valence-electron chi connectivity index (χ1n) is 5.95. The second-order valence-electron chi connectivity index (χ2n) is 4.89. The van der Waals surface area contributed by atoms with E-state index < -0.39 is 11.4 Å². The van der Waals surface area contributed by atoms with Crippen molar-refractivity contribution in [3.05, 3.63) is 59.4 Å². The summed E-state index contributed by atoms with van der Waals surface area (Å²) in [4.78, 5) is 26.6. The summed E-state index contributed by atoms with van der Waals surface area (Å²) in [5.41, 5.74) is 0.237. The van der Waals surface area contributed by atoms with Crippen molar-refractivity contribution >= 4 is 11.8 Å². The molecular formula is C15H15NO3. The molecule has 1 heterocycles. The molecule has 0 aliphatic carbocycles. The van der Waals surface area contributed by atoms with Gasteiger partial charge < -0.3 is 10.1 Å². The van der Waals surface area contributed by atoms with Gasteiger partial charge in [-0.2, -0.15) is 0 Å². The lowest BCUT2D eigenvalue weighted by molar-refractivity contribution is -0.142. The zero-order chi connectivity index (χ0) is 14.0. The maximum Gasteiger partial charge on any atom is 0.315 e. The van der Waals surface area contributed by atoms with Gasteiger partial charge >= 0.3 is 5.97 Å². The van der Waals surface area contributed by atoms with E-state index in [2.05, 4.69) is 4.98 Å². The lowest BCUT2D eigenvalue weighted by atomic mass is 9.85. The van der Waals surface area contributed by atoms with Crippen LogP contribution >= 0.6 is 0 Å². The first-order chi connectivity index (χ1) is 8.94. The minimum atomic E-state index is -1.14. The molecule has 4 heteroatoms. The van der Waals surface area contributed by atoms with Crippen molar-refractivity contribution in [3.63, 3.8) is 0 Å². The number of H-pyrrole nitrogens is 1. The van der Waals surface area contributed by atoms with E-state index >= 15 is 0 Å². The number of carboxylic acid groups (broad SMARTS) is 1. The standard InChI is InChI=1S/C15H15NO3/c1-15(2,14(18)19)13-11(8-9-16-13)12(17)10-6-4-3-5-7-10/h3-9,16H,1-2H3,(H,18,19). The Morgan fingerprint density at radius 2 is 1.74 bits per heavy atom. The molecule has 0 aliphatic rings. The number of nitrogens with one attached hydrogen (secondary N) is 1. The fraction of sp³-hybridized carbons (Fsp3) is 0.200. The average molecular weight is 257 g/mol. The third-order valence-corrected chi connectivity index (χ3v) is 3.19. The topological polar surface area (TPSA) is 70.2 Å². The molecule has 0 saturated carbocycles. The smallest absolute Gasteiger partial charge is 0.315 e. The molecule has 0 atom stereocenters. The molecule has 1 aromatic heterocycles. The number of benzene rings is 1. The predicted octanol–water partition coefficient (Wildman–Crippen LogP) is 2.61. The van der Waals surface area contributed by atoms with E-state index in [1.807, 2.05) is 6.07 Å². The minimum Gasteiger partial charge on any atom is -0.481 e. The fourth-order valence-electron chi connectivity index (χ4n) is 1.93. The first kappa shape index (κ1) is 13.1. The van der Waals surface area contributed by atoms with Gasteiger partial charge in [0.1, 0.15) is 5.41 Å². The van der Waals surface area contributed by atoms with Crippen LogP contribution < -0.4 is 0 Å². The average Bonchev–Trinajstić information content (AvgIpc) is 2.88. The van der Waals surface area contributed by atoms with Crippen LogP contribution in [0.2, 0.25) is 0 Å². The fourth-order valence-corrected chi connectivity index (χ4v) is 1.93. The molecule has 19 heavy (non-hydrogen) atoms. The second kappa shape index (κ2) is 4.72. The summed E-state index contributed by atoms with van der Waals surface area (Å²) < 4.78 is 0. The first-order valence-corrected chi connectivity index (χ1v) is 5.95. The highest BCUT2D eigenvalue weighted by molar-refractivity contribution is 6.10. The zero-order valence-electron chi connectivity index (χ0n) is 10.8. The molecule has 1 aromatic carbocycles. The Bertz CT molecular complexity index is 611. The van der Waals surface area contributed by atoms with Gasteiger partial charge in [0.05, 0.1) is 0 Å². The Labute approximate surface area is 111 Å². The number of aliphatic carboxylic acids is 1. The highest BCUT2D eigenvalue weighted by atomic mass is 16.4. The lowest BCUT2D eigenvalue weighted by Gasteiger charge is -2.19. The molecule has 0 unspecified atom stereocenters. The summed E-state index contributed by atoms with van der Waals surface area (Å²) in [6, 6.07) is 10.4. The number of aromatic nitrogens is 1. The van der Waals surface area contributed by atoms with Crippen LogP contribution in [0.3, 0.4) is 0 Å². The lowest BCUT2D eigenvalue weighted by Crippen LogP contribution is -2.30. The van der Waals surface area contributed by atoms with Gasteiger partial charge in [-0.25, -0.2) is 0 Å². The highest BCUT2D eigenvalue weighted by Crippen LogP contribution is 2.27. The SMILES string of the molecule is CC(C)(C(=O)O)c1[nH]ccc1C(=O)c1ccccc1. The van der Waals surface area contributed by atoms with Gasteiger partial charge in [-0.15, -0.1) is 0 Å². The summed E-state index contributed by atoms with van der Waals surface area (Å²) in [6.07, 6.45) is 1.59. The Morgan fingerprint density at radius 1 is 1.11 bits per heavy atom. The molecule has 0 bridgehead atoms. The monoisotopic (exact) mass is 257 g/mol. The van der Waals surface area contributed by atoms with Crippen molar-refractivity contribution < 1.29 is 14.7 Å². The molecule has 2 aromatic rings. The van der Waals surface area contributed by atoms with Crippen LogP contribution in [-0.4, -0.2) is 21.8 Å². The molecule has 0 saturated heterocycles. The van der Waals surface area contributed by atoms with E-state index in [4.69, 9.17) is 0 Å². The van der Waals surface area contributed by atoms with Crippen LogP contribution in [0.5, 0.6) is 0 Å². The van der Waals surface area contributed by atoms with Crippen molar-refractivity contribution in [2.24, 2.45) is 0 Å². The zero-order valence-corrected chi connectivity index (χ0v) is 10.8. The Balaban J connectivity index is 2.46. The minimum absolute atomic E-state index is 0.175. The van der Waals surface area contributed by atoms with Crippen LogP contribution in [-0.2, 0) is 10.2 Å². The highest BCUT2D eigenvalue weighted by Gasteiger charge is 2.34. The van der Waals surface area contributed by atoms with Crippen LogP contribution in [0.25, 0.3) is 0 Å². The molecule has 0 fully saturated rings. The molecule has 2 rings (SSSR count). The second-order valence-corrected chi connectivity index (χ2v) is 4.89. The molecule has 98 valence electrons. The third kappa shape index (κ3) is 2.29. The summed E-state index contributed by atoms with van der Waals surface area (Å²) in [6.45, 7) is 3.14. The van der Waals surface area contributed by atoms with Crippen LogP contribution in [0.1, 0.15) is 35.5 Å².